The van der Waals surface area contributed by atoms with E-state index in [1.807, 2.05) is 0 Å². The third kappa shape index (κ3) is 2.63. The van der Waals surface area contributed by atoms with E-state index >= 15 is 0 Å². The molecule has 0 radical (unpaired) electrons. The van der Waals surface area contributed by atoms with Gasteiger partial charge in [0.25, 0.3) is 0 Å². The Hall–Kier alpha value is -1.43. The zero-order valence-electron chi connectivity index (χ0n) is 8.44. The Balaban J connectivity index is 2.17. The number of benzene rings is 1. The molecular formula is C11H7BrF3NO. The van der Waals surface area contributed by atoms with Crippen LogP contribution in [0.3, 0.4) is 0 Å². The van der Waals surface area contributed by atoms with Crippen LogP contribution >= 0.6 is 15.9 Å². The largest absolute Gasteiger partial charge is 0.466 e. The Kier molecular flexibility index (Phi) is 3.42. The SMILES string of the molecule is Fc1cc(F)c(NCc2occc2Br)c(F)c1. The highest BCUT2D eigenvalue weighted by Gasteiger charge is 2.12. The van der Waals surface area contributed by atoms with E-state index in [0.29, 0.717) is 22.4 Å². The predicted molar refractivity (Wildman–Crippen MR) is 60.1 cm³/mol. The van der Waals surface area contributed by atoms with Gasteiger partial charge < -0.3 is 9.73 Å². The molecule has 1 heterocycles. The van der Waals surface area contributed by atoms with Crippen LogP contribution in [0.5, 0.6) is 0 Å². The zero-order chi connectivity index (χ0) is 12.4. The number of anilines is 1. The Morgan fingerprint density at radius 3 is 2.35 bits per heavy atom. The summed E-state index contributed by atoms with van der Waals surface area (Å²) >= 11 is 3.21. The Morgan fingerprint density at radius 2 is 1.82 bits per heavy atom. The van der Waals surface area contributed by atoms with Gasteiger partial charge in [-0.2, -0.15) is 0 Å². The maximum absolute atomic E-state index is 13.3. The van der Waals surface area contributed by atoms with E-state index in [0.717, 1.165) is 0 Å². The normalized spacial score (nSPS) is 10.6. The van der Waals surface area contributed by atoms with Crippen LogP contribution in [0.15, 0.2) is 33.4 Å². The van der Waals surface area contributed by atoms with Crippen molar-refractivity contribution in [1.82, 2.24) is 0 Å². The Morgan fingerprint density at radius 1 is 1.18 bits per heavy atom. The molecule has 0 spiro atoms. The summed E-state index contributed by atoms with van der Waals surface area (Å²) in [6.07, 6.45) is 1.44. The summed E-state index contributed by atoms with van der Waals surface area (Å²) in [5.41, 5.74) is -0.380. The molecule has 0 unspecified atom stereocenters. The number of furan rings is 1. The van der Waals surface area contributed by atoms with Crippen LogP contribution in [0.2, 0.25) is 0 Å². The van der Waals surface area contributed by atoms with Gasteiger partial charge in [0.1, 0.15) is 17.3 Å². The average molecular weight is 306 g/mol. The van der Waals surface area contributed by atoms with Gasteiger partial charge in [0.2, 0.25) is 0 Å². The first-order valence-electron chi connectivity index (χ1n) is 4.68. The molecule has 0 atom stereocenters. The van der Waals surface area contributed by atoms with Gasteiger partial charge in [0, 0.05) is 12.1 Å². The highest BCUT2D eigenvalue weighted by atomic mass is 79.9. The summed E-state index contributed by atoms with van der Waals surface area (Å²) < 4.78 is 44.9. The van der Waals surface area contributed by atoms with E-state index in [-0.39, 0.29) is 12.2 Å². The molecule has 1 aromatic heterocycles. The van der Waals surface area contributed by atoms with Crippen LogP contribution in [-0.4, -0.2) is 0 Å². The molecule has 0 saturated heterocycles. The molecule has 0 aliphatic carbocycles. The maximum atomic E-state index is 13.3. The third-order valence-electron chi connectivity index (χ3n) is 2.12. The summed E-state index contributed by atoms with van der Waals surface area (Å²) in [5.74, 6) is -2.42. The lowest BCUT2D eigenvalue weighted by atomic mass is 10.2. The first-order chi connectivity index (χ1) is 8.08. The second kappa shape index (κ2) is 4.83. The van der Waals surface area contributed by atoms with Crippen LogP contribution < -0.4 is 5.32 Å². The topological polar surface area (TPSA) is 25.2 Å². The average Bonchev–Trinajstić information content (AvgIpc) is 2.62. The molecule has 1 N–H and O–H groups in total. The van der Waals surface area contributed by atoms with Crippen molar-refractivity contribution < 1.29 is 17.6 Å². The fourth-order valence-corrected chi connectivity index (χ4v) is 1.67. The van der Waals surface area contributed by atoms with Gasteiger partial charge in [-0.05, 0) is 22.0 Å². The Labute approximate surface area is 104 Å². The zero-order valence-corrected chi connectivity index (χ0v) is 10.0. The van der Waals surface area contributed by atoms with Crippen LogP contribution in [0.25, 0.3) is 0 Å². The minimum Gasteiger partial charge on any atom is -0.466 e. The number of hydrogen-bond donors (Lipinski definition) is 1. The van der Waals surface area contributed by atoms with Crippen molar-refractivity contribution in [2.45, 2.75) is 6.54 Å². The molecule has 90 valence electrons. The van der Waals surface area contributed by atoms with Crippen LogP contribution in [0, 0.1) is 17.5 Å². The number of rotatable bonds is 3. The third-order valence-corrected chi connectivity index (χ3v) is 2.83. The highest BCUT2D eigenvalue weighted by Crippen LogP contribution is 2.23. The molecular weight excluding hydrogens is 299 g/mol. The Bertz CT molecular complexity index is 518. The summed E-state index contributed by atoms with van der Waals surface area (Å²) in [6.45, 7) is 0.0903. The van der Waals surface area contributed by atoms with Crippen molar-refractivity contribution in [2.24, 2.45) is 0 Å². The second-order valence-corrected chi connectivity index (χ2v) is 4.14. The predicted octanol–water partition coefficient (Wildman–Crippen LogP) is 4.07. The number of hydrogen-bond acceptors (Lipinski definition) is 2. The quantitative estimate of drug-likeness (QED) is 0.924. The minimum atomic E-state index is -0.981. The lowest BCUT2D eigenvalue weighted by Gasteiger charge is -2.07. The van der Waals surface area contributed by atoms with Crippen molar-refractivity contribution >= 4 is 21.6 Å². The first-order valence-corrected chi connectivity index (χ1v) is 5.47. The maximum Gasteiger partial charge on any atom is 0.152 e. The van der Waals surface area contributed by atoms with Gasteiger partial charge >= 0.3 is 0 Å². The molecule has 0 bridgehead atoms. The number of nitrogens with one attached hydrogen (secondary N) is 1. The molecule has 0 aliphatic heterocycles. The standard InChI is InChI=1S/C11H7BrF3NO/c12-7-1-2-17-10(7)5-16-11-8(14)3-6(13)4-9(11)15/h1-4,16H,5H2. The lowest BCUT2D eigenvalue weighted by molar-refractivity contribution is 0.512. The van der Waals surface area contributed by atoms with Crippen LogP contribution in [-0.2, 0) is 6.54 Å². The molecule has 2 aromatic rings. The molecule has 0 aliphatic rings. The lowest BCUT2D eigenvalue weighted by Crippen LogP contribution is -2.04. The minimum absolute atomic E-state index is 0.0903. The van der Waals surface area contributed by atoms with Gasteiger partial charge in [-0.25, -0.2) is 13.2 Å². The second-order valence-electron chi connectivity index (χ2n) is 3.29. The van der Waals surface area contributed by atoms with E-state index in [9.17, 15) is 13.2 Å². The summed E-state index contributed by atoms with van der Waals surface area (Å²) in [5, 5.41) is 2.51. The van der Waals surface area contributed by atoms with E-state index < -0.39 is 17.5 Å². The fourth-order valence-electron chi connectivity index (χ4n) is 1.33. The van der Waals surface area contributed by atoms with Gasteiger partial charge in [-0.1, -0.05) is 0 Å². The van der Waals surface area contributed by atoms with Crippen molar-refractivity contribution in [3.05, 3.63) is 52.1 Å². The molecule has 2 nitrogen and oxygen atoms in total. The van der Waals surface area contributed by atoms with Crippen LogP contribution in [0.1, 0.15) is 5.76 Å². The molecule has 17 heavy (non-hydrogen) atoms. The summed E-state index contributed by atoms with van der Waals surface area (Å²) in [6, 6.07) is 2.89. The van der Waals surface area contributed by atoms with Crippen molar-refractivity contribution in [3.8, 4) is 0 Å². The monoisotopic (exact) mass is 305 g/mol. The van der Waals surface area contributed by atoms with Gasteiger partial charge in [-0.3, -0.25) is 0 Å². The molecule has 0 saturated carbocycles. The highest BCUT2D eigenvalue weighted by molar-refractivity contribution is 9.10. The molecule has 0 amide bonds. The molecule has 6 heteroatoms. The first kappa shape index (κ1) is 12.0. The van der Waals surface area contributed by atoms with Crippen LogP contribution in [0.4, 0.5) is 18.9 Å². The van der Waals surface area contributed by atoms with Crippen molar-refractivity contribution in [2.75, 3.05) is 5.32 Å². The van der Waals surface area contributed by atoms with Gasteiger partial charge in [-0.15, -0.1) is 0 Å². The smallest absolute Gasteiger partial charge is 0.152 e. The van der Waals surface area contributed by atoms with E-state index in [1.165, 1.54) is 6.26 Å². The van der Waals surface area contributed by atoms with Crippen molar-refractivity contribution in [3.63, 3.8) is 0 Å². The fraction of sp³-hybridized carbons (Fsp3) is 0.0909. The molecule has 0 fully saturated rings. The molecule has 1 aromatic carbocycles. The van der Waals surface area contributed by atoms with E-state index in [4.69, 9.17) is 4.42 Å². The summed E-state index contributed by atoms with van der Waals surface area (Å²) in [4.78, 5) is 0. The number of halogens is 4. The van der Waals surface area contributed by atoms with Gasteiger partial charge in [0.05, 0.1) is 17.3 Å². The molecule has 2 rings (SSSR count). The van der Waals surface area contributed by atoms with Gasteiger partial charge in [0.15, 0.2) is 11.6 Å². The van der Waals surface area contributed by atoms with E-state index in [1.54, 1.807) is 6.07 Å². The van der Waals surface area contributed by atoms with E-state index in [2.05, 4.69) is 21.2 Å². The van der Waals surface area contributed by atoms with Crippen molar-refractivity contribution in [1.29, 1.82) is 0 Å². The summed E-state index contributed by atoms with van der Waals surface area (Å²) in [7, 11) is 0.